The first-order valence-electron chi connectivity index (χ1n) is 3.58. The second kappa shape index (κ2) is 3.81. The molecule has 1 atom stereocenters. The topological polar surface area (TPSA) is 9.23 Å². The van der Waals surface area contributed by atoms with E-state index in [4.69, 9.17) is 4.74 Å². The van der Waals surface area contributed by atoms with Gasteiger partial charge in [-0.15, -0.1) is 0 Å². The number of benzene rings is 1. The molecule has 0 saturated heterocycles. The first-order valence-corrected chi connectivity index (χ1v) is 3.58. The van der Waals surface area contributed by atoms with Crippen LogP contribution in [0.3, 0.4) is 0 Å². The Balaban J connectivity index is 2.57. The second-order valence-corrected chi connectivity index (χ2v) is 2.30. The Morgan fingerprint density at radius 2 is 2.55 bits per heavy atom. The summed E-state index contributed by atoms with van der Waals surface area (Å²) >= 11 is 0. The van der Waals surface area contributed by atoms with Gasteiger partial charge in [0.2, 0.25) is 0 Å². The summed E-state index contributed by atoms with van der Waals surface area (Å²) in [7, 11) is 0. The molecular weight excluding hydrogens is 136 g/mol. The van der Waals surface area contributed by atoms with Crippen molar-refractivity contribution in [2.45, 2.75) is 13.0 Å². The largest absolute Gasteiger partial charge is 0.487 e. The minimum Gasteiger partial charge on any atom is -0.487 e. The van der Waals surface area contributed by atoms with Crippen molar-refractivity contribution < 1.29 is 4.74 Å². The maximum Gasteiger partial charge on any atom is 0.120 e. The first-order chi connectivity index (χ1) is 5.33. The Kier molecular flexibility index (Phi) is 2.73. The molecule has 57 valence electrons. The summed E-state index contributed by atoms with van der Waals surface area (Å²) in [4.78, 5) is 0. The molecule has 11 heavy (non-hydrogen) atoms. The average Bonchev–Trinajstić information content (AvgIpc) is 2.06. The highest BCUT2D eigenvalue weighted by molar-refractivity contribution is 5.20. The van der Waals surface area contributed by atoms with Gasteiger partial charge in [0.25, 0.3) is 0 Å². The van der Waals surface area contributed by atoms with E-state index in [9.17, 15) is 0 Å². The number of ether oxygens (including phenoxy) is 1. The van der Waals surface area contributed by atoms with Crippen LogP contribution in [-0.2, 0) is 0 Å². The van der Waals surface area contributed by atoms with E-state index in [2.05, 4.69) is 12.6 Å². The highest BCUT2D eigenvalue weighted by atomic mass is 16.5. The van der Waals surface area contributed by atoms with Crippen LogP contribution in [0.5, 0.6) is 5.75 Å². The molecule has 0 saturated carbocycles. The SMILES string of the molecule is C=CC(C)Oc1c[c]ccc1. The third-order valence-electron chi connectivity index (χ3n) is 1.33. The van der Waals surface area contributed by atoms with Gasteiger partial charge in [0, 0.05) is 0 Å². The van der Waals surface area contributed by atoms with Gasteiger partial charge in [0.1, 0.15) is 11.9 Å². The summed E-state index contributed by atoms with van der Waals surface area (Å²) in [6.45, 7) is 5.57. The van der Waals surface area contributed by atoms with Gasteiger partial charge in [0.05, 0.1) is 0 Å². The molecule has 1 aromatic carbocycles. The lowest BCUT2D eigenvalue weighted by atomic mass is 10.3. The molecule has 1 radical (unpaired) electrons. The quantitative estimate of drug-likeness (QED) is 0.597. The molecule has 1 unspecified atom stereocenters. The summed E-state index contributed by atoms with van der Waals surface area (Å²) < 4.78 is 5.41. The van der Waals surface area contributed by atoms with E-state index in [0.717, 1.165) is 5.75 Å². The van der Waals surface area contributed by atoms with E-state index < -0.39 is 0 Å². The van der Waals surface area contributed by atoms with Crippen LogP contribution in [0.2, 0.25) is 0 Å². The van der Waals surface area contributed by atoms with Crippen molar-refractivity contribution in [1.29, 1.82) is 0 Å². The van der Waals surface area contributed by atoms with E-state index in [-0.39, 0.29) is 6.10 Å². The van der Waals surface area contributed by atoms with Crippen molar-refractivity contribution in [3.8, 4) is 5.75 Å². The van der Waals surface area contributed by atoms with Crippen LogP contribution in [0.15, 0.2) is 36.9 Å². The van der Waals surface area contributed by atoms with Gasteiger partial charge in [0.15, 0.2) is 0 Å². The van der Waals surface area contributed by atoms with Crippen LogP contribution in [0.4, 0.5) is 0 Å². The van der Waals surface area contributed by atoms with E-state index in [1.54, 1.807) is 12.1 Å². The number of hydrogen-bond donors (Lipinski definition) is 0. The summed E-state index contributed by atoms with van der Waals surface area (Å²) in [6, 6.07) is 10.4. The molecule has 0 aliphatic rings. The summed E-state index contributed by atoms with van der Waals surface area (Å²) in [5.74, 6) is 0.833. The zero-order valence-corrected chi connectivity index (χ0v) is 6.58. The van der Waals surface area contributed by atoms with Crippen molar-refractivity contribution in [2.75, 3.05) is 0 Å². The molecule has 0 heterocycles. The fourth-order valence-corrected chi connectivity index (χ4v) is 0.713. The molecule has 0 amide bonds. The third kappa shape index (κ3) is 2.46. The normalized spacial score (nSPS) is 12.1. The van der Waals surface area contributed by atoms with E-state index in [1.165, 1.54) is 0 Å². The second-order valence-electron chi connectivity index (χ2n) is 2.30. The standard InChI is InChI=1S/C10H11O/c1-3-9(2)11-10-7-5-4-6-8-10/h3-5,7-9H,1H2,2H3. The molecule has 1 aromatic rings. The Morgan fingerprint density at radius 3 is 3.09 bits per heavy atom. The fourth-order valence-electron chi connectivity index (χ4n) is 0.713. The van der Waals surface area contributed by atoms with Crippen LogP contribution in [0, 0.1) is 6.07 Å². The van der Waals surface area contributed by atoms with Crippen LogP contribution in [-0.4, -0.2) is 6.10 Å². The predicted octanol–water partition coefficient (Wildman–Crippen LogP) is 2.44. The lowest BCUT2D eigenvalue weighted by molar-refractivity contribution is 0.270. The van der Waals surface area contributed by atoms with Gasteiger partial charge in [-0.05, 0) is 25.1 Å². The zero-order valence-electron chi connectivity index (χ0n) is 6.58. The molecule has 0 aromatic heterocycles. The number of rotatable bonds is 3. The molecular formula is C10H11O. The van der Waals surface area contributed by atoms with Crippen molar-refractivity contribution in [3.05, 3.63) is 43.0 Å². The highest BCUT2D eigenvalue weighted by Gasteiger charge is 1.95. The van der Waals surface area contributed by atoms with Crippen molar-refractivity contribution in [3.63, 3.8) is 0 Å². The van der Waals surface area contributed by atoms with E-state index >= 15 is 0 Å². The maximum absolute atomic E-state index is 5.41. The van der Waals surface area contributed by atoms with Crippen molar-refractivity contribution >= 4 is 0 Å². The van der Waals surface area contributed by atoms with E-state index in [1.807, 2.05) is 25.1 Å². The molecule has 1 heteroatoms. The molecule has 0 spiro atoms. The molecule has 0 aliphatic heterocycles. The molecule has 0 N–H and O–H groups in total. The van der Waals surface area contributed by atoms with Crippen molar-refractivity contribution in [1.82, 2.24) is 0 Å². The lowest BCUT2D eigenvalue weighted by Gasteiger charge is -2.08. The van der Waals surface area contributed by atoms with Crippen LogP contribution >= 0.6 is 0 Å². The minimum absolute atomic E-state index is 0.0609. The average molecular weight is 147 g/mol. The first kappa shape index (κ1) is 7.86. The van der Waals surface area contributed by atoms with E-state index in [0.29, 0.717) is 0 Å². The summed E-state index contributed by atoms with van der Waals surface area (Å²) in [5.41, 5.74) is 0. The smallest absolute Gasteiger partial charge is 0.120 e. The van der Waals surface area contributed by atoms with Gasteiger partial charge in [-0.25, -0.2) is 0 Å². The molecule has 0 bridgehead atoms. The van der Waals surface area contributed by atoms with Gasteiger partial charge in [-0.3, -0.25) is 0 Å². The molecule has 1 rings (SSSR count). The lowest BCUT2D eigenvalue weighted by Crippen LogP contribution is -2.06. The van der Waals surface area contributed by atoms with Gasteiger partial charge < -0.3 is 4.74 Å². The Morgan fingerprint density at radius 1 is 1.73 bits per heavy atom. The third-order valence-corrected chi connectivity index (χ3v) is 1.33. The van der Waals surface area contributed by atoms with Crippen LogP contribution in [0.1, 0.15) is 6.92 Å². The summed E-state index contributed by atoms with van der Waals surface area (Å²) in [6.07, 6.45) is 1.82. The molecule has 0 aliphatic carbocycles. The van der Waals surface area contributed by atoms with Gasteiger partial charge >= 0.3 is 0 Å². The van der Waals surface area contributed by atoms with Gasteiger partial charge in [-0.2, -0.15) is 0 Å². The van der Waals surface area contributed by atoms with Crippen LogP contribution in [0.25, 0.3) is 0 Å². The van der Waals surface area contributed by atoms with Crippen molar-refractivity contribution in [2.24, 2.45) is 0 Å². The summed E-state index contributed by atoms with van der Waals surface area (Å²) in [5, 5.41) is 0. The predicted molar refractivity (Wildman–Crippen MR) is 45.6 cm³/mol. The fraction of sp³-hybridized carbons (Fsp3) is 0.200. The molecule has 1 nitrogen and oxygen atoms in total. The van der Waals surface area contributed by atoms with Gasteiger partial charge in [-0.1, -0.05) is 24.8 Å². The zero-order chi connectivity index (χ0) is 8.10. The monoisotopic (exact) mass is 147 g/mol. The van der Waals surface area contributed by atoms with Crippen LogP contribution < -0.4 is 4.74 Å². The Labute approximate surface area is 67.3 Å². The number of hydrogen-bond acceptors (Lipinski definition) is 1. The minimum atomic E-state index is 0.0609. The maximum atomic E-state index is 5.41. The molecule has 0 fully saturated rings. The highest BCUT2D eigenvalue weighted by Crippen LogP contribution is 2.10. The Hall–Kier alpha value is -1.24. The Bertz CT molecular complexity index is 216.